The highest BCUT2D eigenvalue weighted by molar-refractivity contribution is 7.09. The molecule has 0 unspecified atom stereocenters. The molecule has 3 aromatic rings. The third-order valence-electron chi connectivity index (χ3n) is 5.62. The molecule has 1 aliphatic rings. The molecule has 1 fully saturated rings. The fourth-order valence-electron chi connectivity index (χ4n) is 3.88. The van der Waals surface area contributed by atoms with Gasteiger partial charge >= 0.3 is 0 Å². The van der Waals surface area contributed by atoms with Crippen molar-refractivity contribution in [3.8, 4) is 11.5 Å². The van der Waals surface area contributed by atoms with Gasteiger partial charge in [0.15, 0.2) is 0 Å². The van der Waals surface area contributed by atoms with Crippen LogP contribution in [0.3, 0.4) is 0 Å². The molecule has 4 rings (SSSR count). The molecule has 7 nitrogen and oxygen atoms in total. The number of nitrogens with one attached hydrogen (secondary N) is 2. The molecule has 2 N–H and O–H groups in total. The van der Waals surface area contributed by atoms with E-state index in [4.69, 9.17) is 9.47 Å². The Balaban J connectivity index is 1.35. The molecule has 1 aliphatic carbocycles. The molecule has 2 amide bonds. The summed E-state index contributed by atoms with van der Waals surface area (Å²) in [5.74, 6) is 0.987. The number of carbonyl (C=O) groups is 2. The fourth-order valence-corrected chi connectivity index (χ4v) is 4.56. The Morgan fingerprint density at radius 2 is 1.67 bits per heavy atom. The van der Waals surface area contributed by atoms with E-state index >= 15 is 0 Å². The molecule has 172 valence electrons. The van der Waals surface area contributed by atoms with Crippen LogP contribution in [-0.2, 0) is 6.61 Å². The summed E-state index contributed by atoms with van der Waals surface area (Å²) in [5.41, 5.74) is 0.905. The number of aromatic nitrogens is 1. The minimum absolute atomic E-state index is 0.138. The number of para-hydroxylation sites is 1. The molecule has 2 aromatic carbocycles. The van der Waals surface area contributed by atoms with Crippen LogP contribution in [0.5, 0.6) is 11.5 Å². The van der Waals surface area contributed by atoms with Gasteiger partial charge in [0.25, 0.3) is 11.8 Å². The first-order valence-corrected chi connectivity index (χ1v) is 11.9. The van der Waals surface area contributed by atoms with E-state index in [1.54, 1.807) is 36.8 Å². The topological polar surface area (TPSA) is 89.6 Å². The molecule has 0 saturated heterocycles. The van der Waals surface area contributed by atoms with E-state index in [1.807, 2.05) is 30.3 Å². The Bertz CT molecular complexity index is 1090. The second kappa shape index (κ2) is 11.0. The Morgan fingerprint density at radius 1 is 0.970 bits per heavy atom. The highest BCUT2D eigenvalue weighted by Gasteiger charge is 2.29. The largest absolute Gasteiger partial charge is 0.497 e. The maximum atomic E-state index is 12.8. The third kappa shape index (κ3) is 6.10. The number of hydrogen-bond donors (Lipinski definition) is 2. The van der Waals surface area contributed by atoms with Crippen LogP contribution in [0.2, 0.25) is 0 Å². The first-order chi connectivity index (χ1) is 16.1. The van der Waals surface area contributed by atoms with Crippen LogP contribution in [0.1, 0.15) is 51.5 Å². The van der Waals surface area contributed by atoms with Gasteiger partial charge in [0.2, 0.25) is 0 Å². The number of rotatable bonds is 8. The molecule has 33 heavy (non-hydrogen) atoms. The van der Waals surface area contributed by atoms with E-state index in [0.717, 1.165) is 36.4 Å². The summed E-state index contributed by atoms with van der Waals surface area (Å²) in [6.07, 6.45) is 3.63. The summed E-state index contributed by atoms with van der Waals surface area (Å²) in [4.78, 5) is 30.0. The van der Waals surface area contributed by atoms with E-state index in [9.17, 15) is 9.59 Å². The average molecular weight is 466 g/mol. The molecule has 0 spiro atoms. The van der Waals surface area contributed by atoms with Crippen molar-refractivity contribution in [1.29, 1.82) is 0 Å². The Hall–Kier alpha value is -3.39. The zero-order valence-corrected chi connectivity index (χ0v) is 19.3. The third-order valence-corrected chi connectivity index (χ3v) is 6.44. The van der Waals surface area contributed by atoms with E-state index in [1.165, 1.54) is 11.3 Å². The van der Waals surface area contributed by atoms with E-state index in [2.05, 4.69) is 15.6 Å². The molecule has 2 atom stereocenters. The summed E-state index contributed by atoms with van der Waals surface area (Å²) in [6, 6.07) is 16.3. The van der Waals surface area contributed by atoms with Gasteiger partial charge < -0.3 is 20.1 Å². The first kappa shape index (κ1) is 22.8. The highest BCUT2D eigenvalue weighted by Crippen LogP contribution is 2.21. The van der Waals surface area contributed by atoms with Gasteiger partial charge in [-0.25, -0.2) is 4.98 Å². The highest BCUT2D eigenvalue weighted by atomic mass is 32.1. The van der Waals surface area contributed by atoms with Crippen molar-refractivity contribution in [2.75, 3.05) is 7.11 Å². The van der Waals surface area contributed by atoms with Crippen molar-refractivity contribution in [1.82, 2.24) is 15.6 Å². The number of hydrogen-bond acceptors (Lipinski definition) is 6. The molecule has 0 bridgehead atoms. The lowest BCUT2D eigenvalue weighted by Crippen LogP contribution is -2.53. The van der Waals surface area contributed by atoms with Crippen LogP contribution in [0.15, 0.2) is 60.0 Å². The SMILES string of the molecule is COc1cccc(C(=O)N[C@H]2CCCC[C@H]2NC(=O)c2csc(COc3ccccc3)n2)c1. The van der Waals surface area contributed by atoms with Crippen LogP contribution in [0, 0.1) is 0 Å². The van der Waals surface area contributed by atoms with Gasteiger partial charge in [-0.1, -0.05) is 37.1 Å². The number of amides is 2. The number of ether oxygens (including phenoxy) is 2. The van der Waals surface area contributed by atoms with E-state index in [-0.39, 0.29) is 23.9 Å². The average Bonchev–Trinajstić information content (AvgIpc) is 3.34. The zero-order chi connectivity index (χ0) is 23.0. The minimum atomic E-state index is -0.232. The lowest BCUT2D eigenvalue weighted by molar-refractivity contribution is 0.0860. The standard InChI is InChI=1S/C25H27N3O4S/c1-31-19-11-7-8-17(14-19)24(29)27-20-12-5-6-13-21(20)28-25(30)22-16-33-23(26-22)15-32-18-9-3-2-4-10-18/h2-4,7-11,14,16,20-21H,5-6,12-13,15H2,1H3,(H,27,29)(H,28,30)/t20-,21+/m0/s1. The summed E-state index contributed by atoms with van der Waals surface area (Å²) < 4.78 is 10.9. The second-order valence-corrected chi connectivity index (χ2v) is 8.85. The van der Waals surface area contributed by atoms with Crippen molar-refractivity contribution in [2.45, 2.75) is 44.4 Å². The lowest BCUT2D eigenvalue weighted by Gasteiger charge is -2.32. The first-order valence-electron chi connectivity index (χ1n) is 11.0. The predicted molar refractivity (Wildman–Crippen MR) is 127 cm³/mol. The molecular formula is C25H27N3O4S. The second-order valence-electron chi connectivity index (χ2n) is 7.90. The van der Waals surface area contributed by atoms with Gasteiger partial charge in [0.05, 0.1) is 7.11 Å². The summed E-state index contributed by atoms with van der Waals surface area (Å²) in [6.45, 7) is 0.310. The number of thiazole rings is 1. The molecule has 1 saturated carbocycles. The maximum Gasteiger partial charge on any atom is 0.271 e. The monoisotopic (exact) mass is 465 g/mol. The number of methoxy groups -OCH3 is 1. The summed E-state index contributed by atoms with van der Waals surface area (Å²) in [7, 11) is 1.57. The van der Waals surface area contributed by atoms with Gasteiger partial charge in [0, 0.05) is 23.0 Å². The smallest absolute Gasteiger partial charge is 0.271 e. The Morgan fingerprint density at radius 3 is 2.39 bits per heavy atom. The molecule has 0 radical (unpaired) electrons. The van der Waals surface area contributed by atoms with Crippen molar-refractivity contribution < 1.29 is 19.1 Å². The normalized spacial score (nSPS) is 17.7. The minimum Gasteiger partial charge on any atom is -0.497 e. The maximum absolute atomic E-state index is 12.8. The molecule has 1 heterocycles. The van der Waals surface area contributed by atoms with Gasteiger partial charge in [-0.15, -0.1) is 11.3 Å². The Labute approximate surface area is 197 Å². The molecule has 0 aliphatic heterocycles. The van der Waals surface area contributed by atoms with E-state index in [0.29, 0.717) is 23.6 Å². The van der Waals surface area contributed by atoms with E-state index < -0.39 is 0 Å². The van der Waals surface area contributed by atoms with Crippen molar-refractivity contribution >= 4 is 23.2 Å². The number of benzene rings is 2. The molecule has 1 aromatic heterocycles. The van der Waals surface area contributed by atoms with Crippen LogP contribution in [-0.4, -0.2) is 36.0 Å². The van der Waals surface area contributed by atoms with Crippen LogP contribution in [0.25, 0.3) is 0 Å². The quantitative estimate of drug-likeness (QED) is 0.520. The molecular weight excluding hydrogens is 438 g/mol. The summed E-state index contributed by atoms with van der Waals surface area (Å²) >= 11 is 1.39. The van der Waals surface area contributed by atoms with Crippen molar-refractivity contribution in [2.24, 2.45) is 0 Å². The fraction of sp³-hybridized carbons (Fsp3) is 0.320. The zero-order valence-electron chi connectivity index (χ0n) is 18.5. The molecule has 8 heteroatoms. The number of nitrogens with zero attached hydrogens (tertiary/aromatic N) is 1. The van der Waals surface area contributed by atoms with Crippen LogP contribution in [0.4, 0.5) is 0 Å². The predicted octanol–water partition coefficient (Wildman–Crippen LogP) is 4.20. The van der Waals surface area contributed by atoms with Crippen molar-refractivity contribution in [3.63, 3.8) is 0 Å². The Kier molecular flexibility index (Phi) is 7.57. The van der Waals surface area contributed by atoms with Crippen LogP contribution < -0.4 is 20.1 Å². The van der Waals surface area contributed by atoms with Crippen LogP contribution >= 0.6 is 11.3 Å². The van der Waals surface area contributed by atoms with Gasteiger partial charge in [-0.2, -0.15) is 0 Å². The number of carbonyl (C=O) groups excluding carboxylic acids is 2. The van der Waals surface area contributed by atoms with Gasteiger partial charge in [0.1, 0.15) is 28.8 Å². The lowest BCUT2D eigenvalue weighted by atomic mass is 9.90. The summed E-state index contributed by atoms with van der Waals surface area (Å²) in [5, 5.41) is 8.64. The van der Waals surface area contributed by atoms with Gasteiger partial charge in [-0.05, 0) is 43.2 Å². The van der Waals surface area contributed by atoms with Crippen molar-refractivity contribution in [3.05, 3.63) is 76.2 Å². The van der Waals surface area contributed by atoms with Gasteiger partial charge in [-0.3, -0.25) is 9.59 Å².